The summed E-state index contributed by atoms with van der Waals surface area (Å²) in [7, 11) is 1.90. The Morgan fingerprint density at radius 1 is 1.02 bits per heavy atom. The van der Waals surface area contributed by atoms with E-state index in [0.29, 0.717) is 43.2 Å². The molecule has 4 heterocycles. The van der Waals surface area contributed by atoms with Crippen molar-refractivity contribution < 1.29 is 23.3 Å². The van der Waals surface area contributed by atoms with Gasteiger partial charge in [0.05, 0.1) is 19.0 Å². The molecule has 0 unspecified atom stereocenters. The second-order valence-corrected chi connectivity index (χ2v) is 12.5. The summed E-state index contributed by atoms with van der Waals surface area (Å²) >= 11 is 3.75. The maximum atomic E-state index is 13.8. The van der Waals surface area contributed by atoms with Gasteiger partial charge in [0.15, 0.2) is 29.0 Å². The number of halogens is 2. The first-order valence-corrected chi connectivity index (χ1v) is 15.4. The molecule has 2 aromatic heterocycles. The van der Waals surface area contributed by atoms with Crippen LogP contribution in [-0.4, -0.2) is 57.3 Å². The van der Waals surface area contributed by atoms with Gasteiger partial charge in [-0.25, -0.2) is 19.3 Å². The molecule has 11 heteroatoms. The van der Waals surface area contributed by atoms with Crippen LogP contribution in [0.5, 0.6) is 0 Å². The monoisotopic (exact) mass is 661 g/mol. The molecule has 2 saturated heterocycles. The van der Waals surface area contributed by atoms with Crippen LogP contribution in [0.2, 0.25) is 0 Å². The lowest BCUT2D eigenvalue weighted by atomic mass is 10.1. The third kappa shape index (κ3) is 5.59. The summed E-state index contributed by atoms with van der Waals surface area (Å²) in [4.78, 5) is 15.7. The van der Waals surface area contributed by atoms with E-state index in [-0.39, 0.29) is 24.1 Å². The Kier molecular flexibility index (Phi) is 7.84. The summed E-state index contributed by atoms with van der Waals surface area (Å²) in [6, 6.07) is 19.0. The SMILES string of the molecule is CN(Cc1cccc(F)c1)c1ncnc2c1ncn2[C@@H]1O[C@H](CCOCc2ccc3ccccc3c2Br)[C@H]2OC(C)(C)O[C@H]21. The highest BCUT2D eigenvalue weighted by atomic mass is 79.9. The largest absolute Gasteiger partial charge is 0.377 e. The lowest BCUT2D eigenvalue weighted by Gasteiger charge is -2.25. The van der Waals surface area contributed by atoms with Crippen LogP contribution in [0.4, 0.5) is 10.2 Å². The molecule has 44 heavy (non-hydrogen) atoms. The van der Waals surface area contributed by atoms with E-state index < -0.39 is 12.0 Å². The molecule has 0 saturated carbocycles. The zero-order valence-corrected chi connectivity index (χ0v) is 26.3. The molecule has 5 aromatic rings. The van der Waals surface area contributed by atoms with E-state index in [4.69, 9.17) is 18.9 Å². The topological polar surface area (TPSA) is 83.8 Å². The van der Waals surface area contributed by atoms with E-state index in [0.717, 1.165) is 21.0 Å². The van der Waals surface area contributed by atoms with Gasteiger partial charge in [0.1, 0.15) is 24.4 Å². The van der Waals surface area contributed by atoms with Crippen LogP contribution in [-0.2, 0) is 32.1 Å². The van der Waals surface area contributed by atoms with Crippen molar-refractivity contribution in [3.8, 4) is 0 Å². The molecule has 2 aliphatic rings. The van der Waals surface area contributed by atoms with E-state index in [1.807, 2.05) is 48.6 Å². The fourth-order valence-corrected chi connectivity index (χ4v) is 6.78. The Balaban J connectivity index is 1.07. The van der Waals surface area contributed by atoms with Crippen molar-refractivity contribution in [2.24, 2.45) is 0 Å². The molecule has 7 rings (SSSR count). The van der Waals surface area contributed by atoms with Crippen molar-refractivity contribution >= 4 is 43.7 Å². The van der Waals surface area contributed by atoms with Crippen molar-refractivity contribution in [1.82, 2.24) is 19.5 Å². The van der Waals surface area contributed by atoms with Gasteiger partial charge in [0.2, 0.25) is 0 Å². The second-order valence-electron chi connectivity index (χ2n) is 11.7. The van der Waals surface area contributed by atoms with Crippen molar-refractivity contribution in [3.63, 3.8) is 0 Å². The van der Waals surface area contributed by atoms with Crippen LogP contribution in [0.25, 0.3) is 21.9 Å². The number of benzene rings is 3. The Hall–Kier alpha value is -3.48. The predicted molar refractivity (Wildman–Crippen MR) is 167 cm³/mol. The number of imidazole rings is 1. The van der Waals surface area contributed by atoms with Crippen molar-refractivity contribution in [3.05, 3.63) is 94.7 Å². The van der Waals surface area contributed by atoms with E-state index in [9.17, 15) is 4.39 Å². The standard InChI is InChI=1S/C33H33BrFN5O4/c1-33(2)43-28-25(13-14-41-17-22-12-11-21-8-4-5-10-24(21)26(22)34)42-32(29(28)44-33)40-19-38-27-30(36-18-37-31(27)40)39(3)16-20-7-6-9-23(35)15-20/h4-12,15,18-19,25,28-29,32H,13-14,16-17H2,1-3H3/t25-,28-,29-,32-/m1/s1. The van der Waals surface area contributed by atoms with Crippen LogP contribution >= 0.6 is 15.9 Å². The van der Waals surface area contributed by atoms with Gasteiger partial charge in [0.25, 0.3) is 0 Å². The minimum absolute atomic E-state index is 0.249. The molecule has 4 atom stereocenters. The fraction of sp³-hybridized carbons (Fsp3) is 0.364. The fourth-order valence-electron chi connectivity index (χ4n) is 6.18. The smallest absolute Gasteiger partial charge is 0.167 e. The van der Waals surface area contributed by atoms with E-state index in [2.05, 4.69) is 55.1 Å². The average molecular weight is 663 g/mol. The number of hydrogen-bond acceptors (Lipinski definition) is 8. The molecule has 0 amide bonds. The Morgan fingerprint density at radius 3 is 2.73 bits per heavy atom. The number of hydrogen-bond donors (Lipinski definition) is 0. The number of nitrogens with zero attached hydrogens (tertiary/aromatic N) is 5. The number of ether oxygens (including phenoxy) is 4. The van der Waals surface area contributed by atoms with Gasteiger partial charge in [-0.15, -0.1) is 0 Å². The highest BCUT2D eigenvalue weighted by molar-refractivity contribution is 9.10. The summed E-state index contributed by atoms with van der Waals surface area (Å²) in [5.41, 5.74) is 3.17. The number of rotatable bonds is 9. The normalized spacial score (nSPS) is 22.6. The third-order valence-corrected chi connectivity index (χ3v) is 9.09. The third-order valence-electron chi connectivity index (χ3n) is 8.16. The molecule has 0 aliphatic carbocycles. The molecule has 0 bridgehead atoms. The van der Waals surface area contributed by atoms with Crippen LogP contribution in [0.1, 0.15) is 37.6 Å². The van der Waals surface area contributed by atoms with Gasteiger partial charge in [-0.1, -0.05) is 48.5 Å². The van der Waals surface area contributed by atoms with Gasteiger partial charge < -0.3 is 23.8 Å². The highest BCUT2D eigenvalue weighted by Gasteiger charge is 2.56. The molecular formula is C33H33BrFN5O4. The first-order valence-electron chi connectivity index (χ1n) is 14.7. The second kappa shape index (κ2) is 11.8. The first kappa shape index (κ1) is 29.2. The lowest BCUT2D eigenvalue weighted by molar-refractivity contribution is -0.198. The molecule has 0 radical (unpaired) electrons. The van der Waals surface area contributed by atoms with Gasteiger partial charge >= 0.3 is 0 Å². The number of anilines is 1. The van der Waals surface area contributed by atoms with Gasteiger partial charge in [-0.3, -0.25) is 4.57 Å². The molecular weight excluding hydrogens is 629 g/mol. The molecule has 2 aliphatic heterocycles. The van der Waals surface area contributed by atoms with Crippen LogP contribution < -0.4 is 4.90 Å². The summed E-state index contributed by atoms with van der Waals surface area (Å²) in [6.07, 6.45) is 2.47. The van der Waals surface area contributed by atoms with Crippen molar-refractivity contribution in [1.29, 1.82) is 0 Å². The van der Waals surface area contributed by atoms with E-state index in [1.54, 1.807) is 12.4 Å². The number of aromatic nitrogens is 4. The Bertz CT molecular complexity index is 1820. The zero-order valence-electron chi connectivity index (χ0n) is 24.7. The summed E-state index contributed by atoms with van der Waals surface area (Å²) in [5.74, 6) is -0.390. The van der Waals surface area contributed by atoms with Crippen molar-refractivity contribution in [2.75, 3.05) is 18.6 Å². The van der Waals surface area contributed by atoms with Crippen molar-refractivity contribution in [2.45, 2.75) is 63.7 Å². The number of fused-ring (bicyclic) bond motifs is 3. The molecule has 9 nitrogen and oxygen atoms in total. The highest BCUT2D eigenvalue weighted by Crippen LogP contribution is 2.45. The molecule has 3 aromatic carbocycles. The quantitative estimate of drug-likeness (QED) is 0.165. The predicted octanol–water partition coefficient (Wildman–Crippen LogP) is 6.54. The van der Waals surface area contributed by atoms with Crippen LogP contribution in [0.15, 0.2) is 77.8 Å². The van der Waals surface area contributed by atoms with Crippen LogP contribution in [0, 0.1) is 5.82 Å². The van der Waals surface area contributed by atoms with E-state index in [1.165, 1.54) is 23.8 Å². The molecule has 0 N–H and O–H groups in total. The van der Waals surface area contributed by atoms with Gasteiger partial charge in [-0.2, -0.15) is 0 Å². The summed E-state index contributed by atoms with van der Waals surface area (Å²) in [6.45, 7) is 5.27. The summed E-state index contributed by atoms with van der Waals surface area (Å²) < 4.78 is 42.1. The van der Waals surface area contributed by atoms with E-state index >= 15 is 0 Å². The molecule has 2 fully saturated rings. The maximum Gasteiger partial charge on any atom is 0.167 e. The molecule has 228 valence electrons. The minimum Gasteiger partial charge on any atom is -0.377 e. The maximum absolute atomic E-state index is 13.8. The Morgan fingerprint density at radius 2 is 1.86 bits per heavy atom. The Labute approximate surface area is 263 Å². The van der Waals surface area contributed by atoms with Crippen LogP contribution in [0.3, 0.4) is 0 Å². The average Bonchev–Trinajstić information content (AvgIpc) is 3.67. The van der Waals surface area contributed by atoms with Gasteiger partial charge in [0, 0.05) is 24.7 Å². The lowest BCUT2D eigenvalue weighted by Crippen LogP contribution is -2.30. The minimum atomic E-state index is -0.756. The van der Waals surface area contributed by atoms with Gasteiger partial charge in [-0.05, 0) is 70.2 Å². The zero-order chi connectivity index (χ0) is 30.4. The molecule has 0 spiro atoms. The first-order chi connectivity index (χ1) is 21.3. The summed E-state index contributed by atoms with van der Waals surface area (Å²) in [5, 5.41) is 2.35.